The summed E-state index contributed by atoms with van der Waals surface area (Å²) in [4.78, 5) is 4.27. The van der Waals surface area contributed by atoms with Crippen LogP contribution < -0.4 is 11.1 Å². The van der Waals surface area contributed by atoms with Crippen LogP contribution >= 0.6 is 35.6 Å². The molecule has 5 heteroatoms. The first-order chi connectivity index (χ1) is 7.74. The van der Waals surface area contributed by atoms with Crippen LogP contribution in [0.15, 0.2) is 29.3 Å². The third-order valence-electron chi connectivity index (χ3n) is 2.50. The highest BCUT2D eigenvalue weighted by atomic mass is 127. The highest BCUT2D eigenvalue weighted by Gasteiger charge is 2.21. The maximum atomic E-state index is 5.89. The van der Waals surface area contributed by atoms with E-state index in [1.165, 1.54) is 18.4 Å². The molecule has 1 fully saturated rings. The SMILES string of the molecule is I.NC(=NCCc1cccc(Cl)c1)NC1CC1. The van der Waals surface area contributed by atoms with E-state index in [9.17, 15) is 0 Å². The summed E-state index contributed by atoms with van der Waals surface area (Å²) < 4.78 is 0. The van der Waals surface area contributed by atoms with Crippen molar-refractivity contribution in [1.29, 1.82) is 0 Å². The highest BCUT2D eigenvalue weighted by Crippen LogP contribution is 2.18. The van der Waals surface area contributed by atoms with E-state index < -0.39 is 0 Å². The Balaban J connectivity index is 0.00000144. The minimum Gasteiger partial charge on any atom is -0.370 e. The Labute approximate surface area is 124 Å². The summed E-state index contributed by atoms with van der Waals surface area (Å²) in [5.41, 5.74) is 6.91. The normalized spacial score (nSPS) is 15.2. The smallest absolute Gasteiger partial charge is 0.188 e. The van der Waals surface area contributed by atoms with Gasteiger partial charge in [0.05, 0.1) is 0 Å². The van der Waals surface area contributed by atoms with Crippen LogP contribution in [0.4, 0.5) is 0 Å². The summed E-state index contributed by atoms with van der Waals surface area (Å²) in [5, 5.41) is 3.92. The zero-order chi connectivity index (χ0) is 11.4. The summed E-state index contributed by atoms with van der Waals surface area (Å²) in [5.74, 6) is 0.560. The number of rotatable bonds is 4. The van der Waals surface area contributed by atoms with Gasteiger partial charge in [-0.15, -0.1) is 24.0 Å². The molecule has 2 rings (SSSR count). The first kappa shape index (κ1) is 14.6. The first-order valence-electron chi connectivity index (χ1n) is 5.55. The van der Waals surface area contributed by atoms with Gasteiger partial charge in [0.25, 0.3) is 0 Å². The van der Waals surface area contributed by atoms with Crippen LogP contribution in [0.25, 0.3) is 0 Å². The van der Waals surface area contributed by atoms with Gasteiger partial charge in [-0.05, 0) is 37.0 Å². The lowest BCUT2D eigenvalue weighted by Crippen LogP contribution is -2.33. The van der Waals surface area contributed by atoms with E-state index in [1.54, 1.807) is 0 Å². The van der Waals surface area contributed by atoms with Crippen molar-refractivity contribution in [2.24, 2.45) is 10.7 Å². The van der Waals surface area contributed by atoms with Crippen LogP contribution in [0.5, 0.6) is 0 Å². The number of aliphatic imine (C=N–C) groups is 1. The molecule has 0 spiro atoms. The van der Waals surface area contributed by atoms with Gasteiger partial charge in [0.2, 0.25) is 0 Å². The molecule has 1 aromatic carbocycles. The molecule has 1 aliphatic carbocycles. The number of hydrogen-bond acceptors (Lipinski definition) is 1. The number of nitrogens with one attached hydrogen (secondary N) is 1. The molecule has 0 aliphatic heterocycles. The fourth-order valence-corrected chi connectivity index (χ4v) is 1.69. The maximum absolute atomic E-state index is 5.89. The van der Waals surface area contributed by atoms with Crippen molar-refractivity contribution in [3.8, 4) is 0 Å². The molecule has 0 bridgehead atoms. The van der Waals surface area contributed by atoms with Crippen LogP contribution in [-0.2, 0) is 6.42 Å². The van der Waals surface area contributed by atoms with E-state index in [-0.39, 0.29) is 24.0 Å². The lowest BCUT2D eigenvalue weighted by atomic mass is 10.1. The second-order valence-electron chi connectivity index (χ2n) is 4.07. The van der Waals surface area contributed by atoms with E-state index in [4.69, 9.17) is 17.3 Å². The lowest BCUT2D eigenvalue weighted by Gasteiger charge is -2.03. The predicted molar refractivity (Wildman–Crippen MR) is 83.2 cm³/mol. The van der Waals surface area contributed by atoms with Gasteiger partial charge in [0.15, 0.2) is 5.96 Å². The van der Waals surface area contributed by atoms with E-state index >= 15 is 0 Å². The molecule has 0 saturated heterocycles. The number of guanidine groups is 1. The average Bonchev–Trinajstić information content (AvgIpc) is 3.02. The van der Waals surface area contributed by atoms with Gasteiger partial charge >= 0.3 is 0 Å². The van der Waals surface area contributed by atoms with Crippen molar-refractivity contribution in [1.82, 2.24) is 5.32 Å². The minimum absolute atomic E-state index is 0. The average molecular weight is 366 g/mol. The number of hydrogen-bond donors (Lipinski definition) is 2. The van der Waals surface area contributed by atoms with E-state index in [0.29, 0.717) is 18.5 Å². The highest BCUT2D eigenvalue weighted by molar-refractivity contribution is 14.0. The van der Waals surface area contributed by atoms with Crippen molar-refractivity contribution < 1.29 is 0 Å². The minimum atomic E-state index is 0. The Morgan fingerprint density at radius 1 is 1.47 bits per heavy atom. The molecule has 17 heavy (non-hydrogen) atoms. The quantitative estimate of drug-likeness (QED) is 0.489. The van der Waals surface area contributed by atoms with Gasteiger partial charge in [-0.3, -0.25) is 4.99 Å². The van der Waals surface area contributed by atoms with Gasteiger partial charge in [0.1, 0.15) is 0 Å². The Bertz CT molecular complexity index is 391. The number of halogens is 2. The summed E-state index contributed by atoms with van der Waals surface area (Å²) in [6.07, 6.45) is 3.29. The number of nitrogens with zero attached hydrogens (tertiary/aromatic N) is 1. The van der Waals surface area contributed by atoms with Crippen molar-refractivity contribution in [3.05, 3.63) is 34.9 Å². The number of benzene rings is 1. The molecule has 0 radical (unpaired) electrons. The van der Waals surface area contributed by atoms with Crippen LogP contribution in [0.1, 0.15) is 18.4 Å². The molecule has 0 aromatic heterocycles. The summed E-state index contributed by atoms with van der Waals surface area (Å²) in [6, 6.07) is 8.40. The predicted octanol–water partition coefficient (Wildman–Crippen LogP) is 2.57. The molecule has 1 aliphatic rings. The second-order valence-corrected chi connectivity index (χ2v) is 4.50. The second kappa shape index (κ2) is 7.06. The Kier molecular flexibility index (Phi) is 6.05. The molecule has 1 aromatic rings. The Hall–Kier alpha value is -0.490. The molecule has 0 unspecified atom stereocenters. The standard InChI is InChI=1S/C12H16ClN3.HI/c13-10-3-1-2-9(8-10)6-7-15-12(14)16-11-4-5-11;/h1-3,8,11H,4-7H2,(H3,14,15,16);1H. The third-order valence-corrected chi connectivity index (χ3v) is 2.74. The molecule has 0 atom stereocenters. The molecule has 94 valence electrons. The summed E-state index contributed by atoms with van der Waals surface area (Å²) in [7, 11) is 0. The molecular formula is C12H17ClIN3. The number of nitrogens with two attached hydrogens (primary N) is 1. The monoisotopic (exact) mass is 365 g/mol. The Morgan fingerprint density at radius 2 is 2.24 bits per heavy atom. The van der Waals surface area contributed by atoms with Gasteiger partial charge in [-0.2, -0.15) is 0 Å². The van der Waals surface area contributed by atoms with Crippen LogP contribution in [-0.4, -0.2) is 18.5 Å². The fourth-order valence-electron chi connectivity index (χ4n) is 1.48. The molecule has 3 N–H and O–H groups in total. The van der Waals surface area contributed by atoms with Gasteiger partial charge in [-0.1, -0.05) is 23.7 Å². The van der Waals surface area contributed by atoms with Crippen LogP contribution in [0.3, 0.4) is 0 Å². The zero-order valence-electron chi connectivity index (χ0n) is 9.53. The topological polar surface area (TPSA) is 50.4 Å². The molecule has 0 amide bonds. The van der Waals surface area contributed by atoms with Crippen molar-refractivity contribution in [3.63, 3.8) is 0 Å². The maximum Gasteiger partial charge on any atom is 0.188 e. The third kappa shape index (κ3) is 5.59. The van der Waals surface area contributed by atoms with E-state index in [0.717, 1.165) is 11.4 Å². The van der Waals surface area contributed by atoms with Crippen molar-refractivity contribution in [2.75, 3.05) is 6.54 Å². The van der Waals surface area contributed by atoms with Crippen molar-refractivity contribution >= 4 is 41.5 Å². The van der Waals surface area contributed by atoms with Crippen LogP contribution in [0, 0.1) is 0 Å². The molecular weight excluding hydrogens is 349 g/mol. The first-order valence-corrected chi connectivity index (χ1v) is 5.93. The fraction of sp³-hybridized carbons (Fsp3) is 0.417. The zero-order valence-corrected chi connectivity index (χ0v) is 12.6. The van der Waals surface area contributed by atoms with Crippen molar-refractivity contribution in [2.45, 2.75) is 25.3 Å². The molecule has 3 nitrogen and oxygen atoms in total. The Morgan fingerprint density at radius 3 is 2.88 bits per heavy atom. The van der Waals surface area contributed by atoms with E-state index in [1.807, 2.05) is 24.3 Å². The summed E-state index contributed by atoms with van der Waals surface area (Å²) in [6.45, 7) is 0.700. The van der Waals surface area contributed by atoms with Gasteiger partial charge in [-0.25, -0.2) is 0 Å². The van der Waals surface area contributed by atoms with Gasteiger partial charge < -0.3 is 11.1 Å². The van der Waals surface area contributed by atoms with Crippen LogP contribution in [0.2, 0.25) is 5.02 Å². The van der Waals surface area contributed by atoms with Gasteiger partial charge in [0, 0.05) is 17.6 Å². The van der Waals surface area contributed by atoms with E-state index in [2.05, 4.69) is 10.3 Å². The summed E-state index contributed by atoms with van der Waals surface area (Å²) >= 11 is 5.89. The lowest BCUT2D eigenvalue weighted by molar-refractivity contribution is 0.870. The largest absolute Gasteiger partial charge is 0.370 e. The molecule has 1 saturated carbocycles. The molecule has 0 heterocycles.